The molecule has 0 saturated heterocycles. The van der Waals surface area contributed by atoms with Crippen LogP contribution in [-0.4, -0.2) is 48.9 Å². The van der Waals surface area contributed by atoms with Crippen LogP contribution >= 0.6 is 11.3 Å². The van der Waals surface area contributed by atoms with E-state index in [9.17, 15) is 14.4 Å². The molecule has 0 atom stereocenters. The van der Waals surface area contributed by atoms with Gasteiger partial charge in [0, 0.05) is 11.4 Å². The van der Waals surface area contributed by atoms with Crippen molar-refractivity contribution in [1.82, 2.24) is 10.2 Å². The minimum absolute atomic E-state index is 0.0722. The number of fused-ring (bicyclic) bond motifs is 1. The van der Waals surface area contributed by atoms with Crippen molar-refractivity contribution in [3.8, 4) is 5.75 Å². The Balaban J connectivity index is 1.45. The van der Waals surface area contributed by atoms with Gasteiger partial charge in [-0.1, -0.05) is 48.5 Å². The van der Waals surface area contributed by atoms with Gasteiger partial charge in [-0.15, -0.1) is 11.3 Å². The SMILES string of the molecule is O=C(CN(CCc1ccccc1)C(=O)CN1C(=O)COc2ccccc21)NCc1cccs1. The number of carbonyl (C=O) groups is 3. The monoisotopic (exact) mass is 463 g/mol. The Kier molecular flexibility index (Phi) is 7.36. The molecule has 0 unspecified atom stereocenters. The van der Waals surface area contributed by atoms with Gasteiger partial charge in [0.05, 0.1) is 18.8 Å². The van der Waals surface area contributed by atoms with E-state index < -0.39 is 0 Å². The fourth-order valence-corrected chi connectivity index (χ4v) is 4.24. The van der Waals surface area contributed by atoms with Crippen LogP contribution in [0.3, 0.4) is 0 Å². The highest BCUT2D eigenvalue weighted by atomic mass is 32.1. The first kappa shape index (κ1) is 22.5. The fourth-order valence-electron chi connectivity index (χ4n) is 3.59. The highest BCUT2D eigenvalue weighted by molar-refractivity contribution is 7.09. The molecule has 33 heavy (non-hydrogen) atoms. The Morgan fingerprint density at radius 2 is 1.82 bits per heavy atom. The minimum atomic E-state index is -0.290. The van der Waals surface area contributed by atoms with Gasteiger partial charge in [0.2, 0.25) is 11.8 Å². The van der Waals surface area contributed by atoms with Gasteiger partial charge in [-0.25, -0.2) is 0 Å². The molecule has 2 heterocycles. The zero-order valence-corrected chi connectivity index (χ0v) is 18.9. The summed E-state index contributed by atoms with van der Waals surface area (Å²) in [5.41, 5.74) is 1.63. The van der Waals surface area contributed by atoms with Crippen LogP contribution in [-0.2, 0) is 27.3 Å². The van der Waals surface area contributed by atoms with Crippen LogP contribution in [0.25, 0.3) is 0 Å². The van der Waals surface area contributed by atoms with Gasteiger partial charge in [0.25, 0.3) is 5.91 Å². The molecule has 0 fully saturated rings. The zero-order chi connectivity index (χ0) is 23.0. The summed E-state index contributed by atoms with van der Waals surface area (Å²) in [7, 11) is 0. The summed E-state index contributed by atoms with van der Waals surface area (Å²) in [5.74, 6) is -0.248. The van der Waals surface area contributed by atoms with E-state index in [0.717, 1.165) is 10.4 Å². The summed E-state index contributed by atoms with van der Waals surface area (Å²) in [6.45, 7) is 0.459. The first-order chi connectivity index (χ1) is 16.1. The smallest absolute Gasteiger partial charge is 0.265 e. The van der Waals surface area contributed by atoms with Gasteiger partial charge >= 0.3 is 0 Å². The quantitative estimate of drug-likeness (QED) is 0.529. The maximum atomic E-state index is 13.3. The second-order valence-electron chi connectivity index (χ2n) is 7.64. The number of thiophene rings is 1. The molecule has 0 saturated carbocycles. The second kappa shape index (κ2) is 10.8. The zero-order valence-electron chi connectivity index (χ0n) is 18.1. The topological polar surface area (TPSA) is 79.0 Å². The molecule has 2 aromatic carbocycles. The van der Waals surface area contributed by atoms with E-state index in [0.29, 0.717) is 30.9 Å². The summed E-state index contributed by atoms with van der Waals surface area (Å²) in [6.07, 6.45) is 0.610. The molecule has 4 rings (SSSR count). The molecule has 1 N–H and O–H groups in total. The average Bonchev–Trinajstić information content (AvgIpc) is 3.36. The van der Waals surface area contributed by atoms with Crippen molar-refractivity contribution < 1.29 is 19.1 Å². The van der Waals surface area contributed by atoms with E-state index in [1.165, 1.54) is 9.80 Å². The molecule has 3 amide bonds. The molecule has 3 aromatic rings. The Morgan fingerprint density at radius 1 is 1.03 bits per heavy atom. The molecule has 0 bridgehead atoms. The van der Waals surface area contributed by atoms with E-state index in [4.69, 9.17) is 4.74 Å². The summed E-state index contributed by atoms with van der Waals surface area (Å²) >= 11 is 1.56. The van der Waals surface area contributed by atoms with E-state index in [-0.39, 0.29) is 37.4 Å². The molecule has 0 spiro atoms. The number of nitrogens with one attached hydrogen (secondary N) is 1. The van der Waals surface area contributed by atoms with E-state index in [2.05, 4.69) is 5.32 Å². The van der Waals surface area contributed by atoms with Crippen molar-refractivity contribution in [3.63, 3.8) is 0 Å². The summed E-state index contributed by atoms with van der Waals surface area (Å²) in [5, 5.41) is 4.83. The van der Waals surface area contributed by atoms with Crippen LogP contribution in [0.1, 0.15) is 10.4 Å². The molecule has 8 heteroatoms. The number of nitrogens with zero attached hydrogens (tertiary/aromatic N) is 2. The minimum Gasteiger partial charge on any atom is -0.482 e. The number of para-hydroxylation sites is 2. The molecule has 7 nitrogen and oxygen atoms in total. The van der Waals surface area contributed by atoms with Gasteiger partial charge in [-0.3, -0.25) is 19.3 Å². The van der Waals surface area contributed by atoms with Crippen molar-refractivity contribution in [3.05, 3.63) is 82.6 Å². The summed E-state index contributed by atoms with van der Waals surface area (Å²) in [4.78, 5) is 42.4. The average molecular weight is 464 g/mol. The lowest BCUT2D eigenvalue weighted by Gasteiger charge is -2.31. The van der Waals surface area contributed by atoms with E-state index in [1.54, 1.807) is 29.5 Å². The van der Waals surface area contributed by atoms with Crippen LogP contribution in [0.15, 0.2) is 72.1 Å². The predicted octanol–water partition coefficient (Wildman–Crippen LogP) is 2.86. The van der Waals surface area contributed by atoms with Gasteiger partial charge in [-0.05, 0) is 35.6 Å². The standard InChI is InChI=1S/C25H25N3O4S/c29-23(26-15-20-9-6-14-33-20)16-27(13-12-19-7-2-1-3-8-19)24(30)17-28-21-10-4-5-11-22(21)32-18-25(28)31/h1-11,14H,12-13,15-18H2,(H,26,29). The maximum absolute atomic E-state index is 13.3. The molecule has 1 aromatic heterocycles. The number of benzene rings is 2. The number of hydrogen-bond acceptors (Lipinski definition) is 5. The van der Waals surface area contributed by atoms with E-state index >= 15 is 0 Å². The Hall–Kier alpha value is -3.65. The molecule has 1 aliphatic rings. The van der Waals surface area contributed by atoms with Crippen molar-refractivity contribution in [1.29, 1.82) is 0 Å². The number of ether oxygens (including phenoxy) is 1. The molecule has 170 valence electrons. The van der Waals surface area contributed by atoms with Gasteiger partial charge in [-0.2, -0.15) is 0 Å². The molecular weight excluding hydrogens is 438 g/mol. The lowest BCUT2D eigenvalue weighted by Crippen LogP contribution is -2.49. The number of rotatable bonds is 9. The second-order valence-corrected chi connectivity index (χ2v) is 8.68. The van der Waals surface area contributed by atoms with Crippen LogP contribution in [0.2, 0.25) is 0 Å². The van der Waals surface area contributed by atoms with Gasteiger partial charge < -0.3 is 15.0 Å². The number of amides is 3. The third kappa shape index (κ3) is 5.98. The number of anilines is 1. The molecular formula is C25H25N3O4S. The van der Waals surface area contributed by atoms with Crippen molar-refractivity contribution in [2.45, 2.75) is 13.0 Å². The lowest BCUT2D eigenvalue weighted by molar-refractivity contribution is -0.136. The first-order valence-electron chi connectivity index (χ1n) is 10.7. The van der Waals surface area contributed by atoms with Crippen molar-refractivity contribution >= 4 is 34.7 Å². The number of carbonyl (C=O) groups excluding carboxylic acids is 3. The highest BCUT2D eigenvalue weighted by Gasteiger charge is 2.29. The maximum Gasteiger partial charge on any atom is 0.265 e. The van der Waals surface area contributed by atoms with Crippen molar-refractivity contribution in [2.24, 2.45) is 0 Å². The molecule has 0 aliphatic carbocycles. The van der Waals surface area contributed by atoms with Gasteiger partial charge in [0.1, 0.15) is 12.3 Å². The van der Waals surface area contributed by atoms with E-state index in [1.807, 2.05) is 53.9 Å². The summed E-state index contributed by atoms with van der Waals surface area (Å²) in [6, 6.07) is 20.8. The Labute approximate surface area is 196 Å². The largest absolute Gasteiger partial charge is 0.482 e. The predicted molar refractivity (Wildman–Crippen MR) is 127 cm³/mol. The van der Waals surface area contributed by atoms with Gasteiger partial charge in [0.15, 0.2) is 6.61 Å². The molecule has 1 aliphatic heterocycles. The third-order valence-corrected chi connectivity index (χ3v) is 6.22. The Morgan fingerprint density at radius 3 is 2.61 bits per heavy atom. The van der Waals surface area contributed by atoms with Crippen LogP contribution < -0.4 is 15.0 Å². The number of hydrogen-bond donors (Lipinski definition) is 1. The van der Waals surface area contributed by atoms with Crippen LogP contribution in [0.5, 0.6) is 5.75 Å². The van der Waals surface area contributed by atoms with Crippen LogP contribution in [0, 0.1) is 0 Å². The first-order valence-corrected chi connectivity index (χ1v) is 11.6. The highest BCUT2D eigenvalue weighted by Crippen LogP contribution is 2.31. The third-order valence-electron chi connectivity index (χ3n) is 5.34. The van der Waals surface area contributed by atoms with Crippen LogP contribution in [0.4, 0.5) is 5.69 Å². The molecule has 0 radical (unpaired) electrons. The van der Waals surface area contributed by atoms with Crippen molar-refractivity contribution in [2.75, 3.05) is 31.1 Å². The summed E-state index contributed by atoms with van der Waals surface area (Å²) < 4.78 is 5.47. The lowest BCUT2D eigenvalue weighted by atomic mass is 10.1. The fraction of sp³-hybridized carbons (Fsp3) is 0.240. The normalized spacial score (nSPS) is 12.6. The Bertz CT molecular complexity index is 1100.